The zero-order valence-corrected chi connectivity index (χ0v) is 5.57. The van der Waals surface area contributed by atoms with E-state index in [4.69, 9.17) is 5.73 Å². The molecule has 0 rings (SSSR count). The van der Waals surface area contributed by atoms with Crippen molar-refractivity contribution in [2.45, 2.75) is 20.3 Å². The van der Waals surface area contributed by atoms with Crippen LogP contribution in [0.2, 0.25) is 0 Å². The molecular weight excluding hydrogens is 98.1 g/mol. The van der Waals surface area contributed by atoms with Gasteiger partial charge < -0.3 is 5.73 Å². The normalized spacial score (nSPS) is 11.5. The fraction of sp³-hybridized carbons (Fsp3) is 0.429. The number of allylic oxidation sites excluding steroid dienone is 2. The number of nitrogens with two attached hydrogens (primary N) is 1. The third-order valence-corrected chi connectivity index (χ3v) is 1.13. The molecular formula is C7H15N. The maximum atomic E-state index is 5.26. The fourth-order valence-corrected chi connectivity index (χ4v) is 0.562. The predicted octanol–water partition coefficient (Wildman–Crippen LogP) is 2.06. The number of hydrogen-bond acceptors (Lipinski definition) is 1. The first-order valence-electron chi connectivity index (χ1n) is 2.79. The highest BCUT2D eigenvalue weighted by Crippen LogP contribution is 2.07. The van der Waals surface area contributed by atoms with Gasteiger partial charge in [0.05, 0.1) is 0 Å². The minimum Gasteiger partial charge on any atom is -0.404 e. The molecule has 0 aliphatic rings. The maximum absolute atomic E-state index is 5.26. The second kappa shape index (κ2) is 3.30. The van der Waals surface area contributed by atoms with Gasteiger partial charge in [0.25, 0.3) is 0 Å². The van der Waals surface area contributed by atoms with Crippen molar-refractivity contribution in [3.05, 3.63) is 23.9 Å². The lowest BCUT2D eigenvalue weighted by Crippen LogP contribution is -1.87. The molecule has 0 aromatic heterocycles. The zero-order chi connectivity index (χ0) is 6.57. The van der Waals surface area contributed by atoms with Gasteiger partial charge in [-0.25, -0.2) is 0 Å². The molecule has 48 valence electrons. The Morgan fingerprint density at radius 3 is 2.38 bits per heavy atom. The van der Waals surface area contributed by atoms with Gasteiger partial charge in [-0.05, 0) is 25.1 Å². The molecule has 0 bridgehead atoms. The van der Waals surface area contributed by atoms with E-state index in [0.717, 1.165) is 17.6 Å². The highest BCUT2D eigenvalue weighted by atomic mass is 14.5. The van der Waals surface area contributed by atoms with Crippen LogP contribution < -0.4 is 5.73 Å². The molecule has 0 aromatic carbocycles. The Morgan fingerprint density at radius 1 is 1.88 bits per heavy atom. The van der Waals surface area contributed by atoms with Crippen LogP contribution in [0.3, 0.4) is 0 Å². The van der Waals surface area contributed by atoms with Crippen molar-refractivity contribution in [3.63, 3.8) is 0 Å². The van der Waals surface area contributed by atoms with Crippen LogP contribution in [-0.2, 0) is 0 Å². The van der Waals surface area contributed by atoms with Gasteiger partial charge in [0.1, 0.15) is 0 Å². The zero-order valence-electron chi connectivity index (χ0n) is 5.57. The Bertz CT molecular complexity index is 116. The summed E-state index contributed by atoms with van der Waals surface area (Å²) in [4.78, 5) is 0. The Morgan fingerprint density at radius 2 is 2.38 bits per heavy atom. The van der Waals surface area contributed by atoms with E-state index in [0.29, 0.717) is 0 Å². The predicted molar refractivity (Wildman–Crippen MR) is 39.5 cm³/mol. The summed E-state index contributed by atoms with van der Waals surface area (Å²) in [5, 5.41) is 0. The van der Waals surface area contributed by atoms with E-state index < -0.39 is 0 Å². The van der Waals surface area contributed by atoms with E-state index in [2.05, 4.69) is 13.5 Å². The van der Waals surface area contributed by atoms with Crippen LogP contribution >= 0.6 is 0 Å². The van der Waals surface area contributed by atoms with Gasteiger partial charge in [-0.1, -0.05) is 19.1 Å². The van der Waals surface area contributed by atoms with E-state index >= 15 is 0 Å². The van der Waals surface area contributed by atoms with Crippen molar-refractivity contribution in [1.82, 2.24) is 0 Å². The summed E-state index contributed by atoms with van der Waals surface area (Å²) in [6.07, 6.45) is 2.59. The highest BCUT2D eigenvalue weighted by molar-refractivity contribution is 5.24. The molecule has 0 fully saturated rings. The standard InChI is InChI=1S/C7H13N.H2/c1-4-7(5-8)6(2)3;/h5H,2,4,8H2,1,3H3;1H/b7-5-;. The van der Waals surface area contributed by atoms with E-state index in [-0.39, 0.29) is 1.43 Å². The molecule has 0 aromatic rings. The topological polar surface area (TPSA) is 26.0 Å². The third kappa shape index (κ3) is 1.82. The molecule has 0 aliphatic heterocycles. The van der Waals surface area contributed by atoms with Gasteiger partial charge in [0.2, 0.25) is 0 Å². The average molecular weight is 113 g/mol. The summed E-state index contributed by atoms with van der Waals surface area (Å²) < 4.78 is 0. The van der Waals surface area contributed by atoms with Gasteiger partial charge in [0, 0.05) is 1.43 Å². The molecule has 1 heteroatoms. The summed E-state index contributed by atoms with van der Waals surface area (Å²) in [5.74, 6) is 0. The minimum atomic E-state index is 0. The van der Waals surface area contributed by atoms with Gasteiger partial charge in [0.15, 0.2) is 0 Å². The molecule has 0 heterocycles. The molecule has 0 radical (unpaired) electrons. The van der Waals surface area contributed by atoms with Crippen LogP contribution in [0.25, 0.3) is 0 Å². The monoisotopic (exact) mass is 113 g/mol. The van der Waals surface area contributed by atoms with Crippen molar-refractivity contribution in [1.29, 1.82) is 0 Å². The van der Waals surface area contributed by atoms with Crippen molar-refractivity contribution in [2.75, 3.05) is 0 Å². The van der Waals surface area contributed by atoms with Crippen molar-refractivity contribution in [2.24, 2.45) is 5.73 Å². The molecule has 8 heavy (non-hydrogen) atoms. The third-order valence-electron chi connectivity index (χ3n) is 1.13. The smallest absolute Gasteiger partial charge is 0 e. The second-order valence-electron chi connectivity index (χ2n) is 1.83. The van der Waals surface area contributed by atoms with Crippen molar-refractivity contribution < 1.29 is 1.43 Å². The highest BCUT2D eigenvalue weighted by Gasteiger charge is 1.89. The summed E-state index contributed by atoms with van der Waals surface area (Å²) in [7, 11) is 0. The maximum Gasteiger partial charge on any atom is 0 e. The molecule has 0 spiro atoms. The molecule has 0 saturated heterocycles. The first kappa shape index (κ1) is 7.28. The number of rotatable bonds is 2. The van der Waals surface area contributed by atoms with Crippen LogP contribution in [-0.4, -0.2) is 0 Å². The number of hydrogen-bond donors (Lipinski definition) is 1. The second-order valence-corrected chi connectivity index (χ2v) is 1.83. The summed E-state index contributed by atoms with van der Waals surface area (Å²) in [5.41, 5.74) is 7.47. The Labute approximate surface area is 52.4 Å². The lowest BCUT2D eigenvalue weighted by atomic mass is 10.1. The molecule has 0 saturated carbocycles. The van der Waals surface area contributed by atoms with Gasteiger partial charge >= 0.3 is 0 Å². The van der Waals surface area contributed by atoms with Crippen LogP contribution in [0, 0.1) is 0 Å². The van der Waals surface area contributed by atoms with Gasteiger partial charge in [-0.2, -0.15) is 0 Å². The summed E-state index contributed by atoms with van der Waals surface area (Å²) in [6, 6.07) is 0. The average Bonchev–Trinajstić information content (AvgIpc) is 1.69. The molecule has 1 nitrogen and oxygen atoms in total. The largest absolute Gasteiger partial charge is 0.404 e. The van der Waals surface area contributed by atoms with Crippen LogP contribution in [0.5, 0.6) is 0 Å². The van der Waals surface area contributed by atoms with Gasteiger partial charge in [-0.15, -0.1) is 0 Å². The molecule has 0 amide bonds. The Balaban J connectivity index is 0. The molecule has 2 N–H and O–H groups in total. The lowest BCUT2D eigenvalue weighted by molar-refractivity contribution is 1.10. The summed E-state index contributed by atoms with van der Waals surface area (Å²) >= 11 is 0. The first-order valence-corrected chi connectivity index (χ1v) is 2.79. The van der Waals surface area contributed by atoms with E-state index in [1.165, 1.54) is 0 Å². The SMILES string of the molecule is C=C(C)/C(=C\N)CC.[HH]. The van der Waals surface area contributed by atoms with Crippen molar-refractivity contribution >= 4 is 0 Å². The first-order chi connectivity index (χ1) is 3.72. The Kier molecular flexibility index (Phi) is 3.01. The van der Waals surface area contributed by atoms with Crippen molar-refractivity contribution in [3.8, 4) is 0 Å². The van der Waals surface area contributed by atoms with Gasteiger partial charge in [-0.3, -0.25) is 0 Å². The van der Waals surface area contributed by atoms with E-state index in [9.17, 15) is 0 Å². The Hall–Kier alpha value is -0.720. The van der Waals surface area contributed by atoms with Crippen LogP contribution in [0.4, 0.5) is 0 Å². The van der Waals surface area contributed by atoms with Crippen LogP contribution in [0.15, 0.2) is 23.9 Å². The van der Waals surface area contributed by atoms with E-state index in [1.54, 1.807) is 6.20 Å². The van der Waals surface area contributed by atoms with E-state index in [1.807, 2.05) is 6.92 Å². The lowest BCUT2D eigenvalue weighted by Gasteiger charge is -1.98. The fourth-order valence-electron chi connectivity index (χ4n) is 0.562. The van der Waals surface area contributed by atoms with Crippen LogP contribution in [0.1, 0.15) is 21.7 Å². The molecule has 0 atom stereocenters. The quantitative estimate of drug-likeness (QED) is 0.545. The summed E-state index contributed by atoms with van der Waals surface area (Å²) in [6.45, 7) is 7.77. The molecule has 0 aliphatic carbocycles. The minimum absolute atomic E-state index is 0. The molecule has 0 unspecified atom stereocenters.